The number of ether oxygens (including phenoxy) is 1. The second-order valence-corrected chi connectivity index (χ2v) is 3.64. The van der Waals surface area contributed by atoms with Crippen molar-refractivity contribution in [1.29, 1.82) is 5.26 Å². The summed E-state index contributed by atoms with van der Waals surface area (Å²) in [5.74, 6) is -0.818. The lowest BCUT2D eigenvalue weighted by molar-refractivity contribution is -0.143. The van der Waals surface area contributed by atoms with Gasteiger partial charge < -0.3 is 4.74 Å². The number of ketones is 1. The van der Waals surface area contributed by atoms with Gasteiger partial charge in [0.2, 0.25) is 0 Å². The normalized spacial score (nSPS) is 15.4. The number of nitrogens with zero attached hydrogens (tertiary/aromatic N) is 1. The summed E-state index contributed by atoms with van der Waals surface area (Å²) in [5.41, 5.74) is 0.325. The van der Waals surface area contributed by atoms with Crippen LogP contribution in [0.4, 0.5) is 0 Å². The predicted molar refractivity (Wildman–Crippen MR) is 61.8 cm³/mol. The molecular formula is C13H13NO3. The number of hydrogen-bond acceptors (Lipinski definition) is 4. The Morgan fingerprint density at radius 3 is 2.47 bits per heavy atom. The molecule has 0 aromatic heterocycles. The lowest BCUT2D eigenvalue weighted by Crippen LogP contribution is -2.16. The maximum atomic E-state index is 11.7. The molecule has 1 rings (SSSR count). The summed E-state index contributed by atoms with van der Waals surface area (Å²) in [7, 11) is 0. The van der Waals surface area contributed by atoms with Crippen LogP contribution in [0, 0.1) is 11.3 Å². The quantitative estimate of drug-likeness (QED) is 0.422. The molecule has 17 heavy (non-hydrogen) atoms. The molecule has 1 atom stereocenters. The molecule has 0 bridgehead atoms. The average molecular weight is 231 g/mol. The zero-order valence-electron chi connectivity index (χ0n) is 9.77. The molecule has 0 aliphatic heterocycles. The van der Waals surface area contributed by atoms with E-state index in [1.165, 1.54) is 24.3 Å². The fraction of sp³-hybridized carbons (Fsp3) is 0.308. The van der Waals surface area contributed by atoms with Crippen LogP contribution in [0.25, 0.3) is 0 Å². The van der Waals surface area contributed by atoms with Crippen molar-refractivity contribution in [2.75, 3.05) is 0 Å². The minimum Gasteiger partial charge on any atom is -0.459 e. The summed E-state index contributed by atoms with van der Waals surface area (Å²) in [6.07, 6.45) is 5.96. The minimum atomic E-state index is -0.652. The first kappa shape index (κ1) is 12.9. The number of nitriles is 1. The topological polar surface area (TPSA) is 67.2 Å². The summed E-state index contributed by atoms with van der Waals surface area (Å²) < 4.78 is 5.06. The first-order valence-corrected chi connectivity index (χ1v) is 5.34. The Morgan fingerprint density at radius 2 is 2.00 bits per heavy atom. The number of hydrogen-bond donors (Lipinski definition) is 0. The van der Waals surface area contributed by atoms with Gasteiger partial charge in [-0.1, -0.05) is 6.92 Å². The number of carbonyl (C=O) groups is 2. The maximum Gasteiger partial charge on any atom is 0.349 e. The average Bonchev–Trinajstić information content (AvgIpc) is 2.32. The molecule has 0 fully saturated rings. The van der Waals surface area contributed by atoms with Gasteiger partial charge in [0.25, 0.3) is 0 Å². The summed E-state index contributed by atoms with van der Waals surface area (Å²) >= 11 is 0. The van der Waals surface area contributed by atoms with Gasteiger partial charge in [0, 0.05) is 0 Å². The monoisotopic (exact) mass is 231 g/mol. The highest BCUT2D eigenvalue weighted by Gasteiger charge is 2.17. The fourth-order valence-electron chi connectivity index (χ4n) is 1.17. The molecule has 4 heteroatoms. The molecule has 0 saturated carbocycles. The van der Waals surface area contributed by atoms with Crippen molar-refractivity contribution in [3.8, 4) is 6.07 Å². The van der Waals surface area contributed by atoms with Crippen LogP contribution in [0.5, 0.6) is 0 Å². The van der Waals surface area contributed by atoms with Crippen LogP contribution < -0.4 is 0 Å². The summed E-state index contributed by atoms with van der Waals surface area (Å²) in [6.45, 7) is 3.64. The molecule has 0 N–H and O–H groups in total. The second-order valence-electron chi connectivity index (χ2n) is 3.64. The van der Waals surface area contributed by atoms with E-state index in [-0.39, 0.29) is 17.5 Å². The Kier molecular flexibility index (Phi) is 4.41. The Morgan fingerprint density at radius 1 is 1.41 bits per heavy atom. The van der Waals surface area contributed by atoms with Crippen LogP contribution in [0.1, 0.15) is 20.3 Å². The van der Waals surface area contributed by atoms with Gasteiger partial charge in [-0.2, -0.15) is 5.26 Å². The van der Waals surface area contributed by atoms with Crippen LogP contribution in [0.2, 0.25) is 0 Å². The lowest BCUT2D eigenvalue weighted by atomic mass is 10.0. The smallest absolute Gasteiger partial charge is 0.349 e. The third-order valence-corrected chi connectivity index (χ3v) is 2.34. The van der Waals surface area contributed by atoms with Gasteiger partial charge >= 0.3 is 5.97 Å². The number of allylic oxidation sites excluding steroid dienone is 5. The van der Waals surface area contributed by atoms with Gasteiger partial charge in [-0.05, 0) is 43.2 Å². The van der Waals surface area contributed by atoms with Crippen molar-refractivity contribution in [2.45, 2.75) is 26.4 Å². The Bertz CT molecular complexity index is 446. The Labute approximate surface area is 99.9 Å². The molecule has 0 aromatic carbocycles. The van der Waals surface area contributed by atoms with E-state index in [1.807, 2.05) is 13.0 Å². The maximum absolute atomic E-state index is 11.7. The van der Waals surface area contributed by atoms with Gasteiger partial charge in [0.1, 0.15) is 11.6 Å². The van der Waals surface area contributed by atoms with Crippen LogP contribution in [-0.4, -0.2) is 17.9 Å². The Hall–Kier alpha value is -2.15. The summed E-state index contributed by atoms with van der Waals surface area (Å²) in [5, 5.41) is 8.94. The van der Waals surface area contributed by atoms with E-state index in [1.54, 1.807) is 6.92 Å². The molecule has 0 amide bonds. The molecule has 0 saturated heterocycles. The van der Waals surface area contributed by atoms with Crippen LogP contribution in [-0.2, 0) is 14.3 Å². The third-order valence-electron chi connectivity index (χ3n) is 2.34. The Balaban J connectivity index is 2.93. The molecule has 0 spiro atoms. The van der Waals surface area contributed by atoms with E-state index in [2.05, 4.69) is 0 Å². The van der Waals surface area contributed by atoms with E-state index in [4.69, 9.17) is 10.00 Å². The number of esters is 1. The van der Waals surface area contributed by atoms with Crippen molar-refractivity contribution in [1.82, 2.24) is 0 Å². The highest BCUT2D eigenvalue weighted by atomic mass is 16.5. The lowest BCUT2D eigenvalue weighted by Gasteiger charge is -2.11. The second kappa shape index (κ2) is 5.80. The molecule has 0 radical (unpaired) electrons. The van der Waals surface area contributed by atoms with E-state index in [9.17, 15) is 9.59 Å². The third kappa shape index (κ3) is 3.42. The molecule has 1 aliphatic carbocycles. The number of carbonyl (C=O) groups excluding carboxylic acids is 2. The SMILES string of the molecule is CC[C@H](C)OC(=O)C(C#N)=C1C=CC(=O)C=C1. The largest absolute Gasteiger partial charge is 0.459 e. The van der Waals surface area contributed by atoms with Gasteiger partial charge in [0.15, 0.2) is 5.78 Å². The molecule has 0 unspecified atom stereocenters. The van der Waals surface area contributed by atoms with Crippen LogP contribution >= 0.6 is 0 Å². The highest BCUT2D eigenvalue weighted by molar-refractivity contribution is 6.03. The summed E-state index contributed by atoms with van der Waals surface area (Å²) in [4.78, 5) is 22.6. The van der Waals surface area contributed by atoms with Gasteiger partial charge in [-0.25, -0.2) is 4.79 Å². The standard InChI is InChI=1S/C13H13NO3/c1-3-9(2)17-13(16)12(8-14)10-4-6-11(15)7-5-10/h4-7,9H,3H2,1-2H3/t9-/m0/s1. The summed E-state index contributed by atoms with van der Waals surface area (Å²) in [6, 6.07) is 1.81. The van der Waals surface area contributed by atoms with E-state index >= 15 is 0 Å². The first-order chi connectivity index (χ1) is 8.08. The van der Waals surface area contributed by atoms with Crippen molar-refractivity contribution >= 4 is 11.8 Å². The zero-order valence-corrected chi connectivity index (χ0v) is 9.77. The van der Waals surface area contributed by atoms with Crippen molar-refractivity contribution in [3.63, 3.8) is 0 Å². The molecule has 0 aromatic rings. The molecule has 1 aliphatic rings. The molecule has 88 valence electrons. The van der Waals surface area contributed by atoms with Gasteiger partial charge in [-0.3, -0.25) is 4.79 Å². The molecule has 4 nitrogen and oxygen atoms in total. The minimum absolute atomic E-state index is 0.0784. The fourth-order valence-corrected chi connectivity index (χ4v) is 1.17. The van der Waals surface area contributed by atoms with Crippen molar-refractivity contribution in [3.05, 3.63) is 35.5 Å². The van der Waals surface area contributed by atoms with E-state index in [0.29, 0.717) is 12.0 Å². The first-order valence-electron chi connectivity index (χ1n) is 5.34. The van der Waals surface area contributed by atoms with E-state index < -0.39 is 5.97 Å². The van der Waals surface area contributed by atoms with Crippen molar-refractivity contribution < 1.29 is 14.3 Å². The van der Waals surface area contributed by atoms with Crippen molar-refractivity contribution in [2.24, 2.45) is 0 Å². The predicted octanol–water partition coefficient (Wildman–Crippen LogP) is 1.84. The van der Waals surface area contributed by atoms with Gasteiger partial charge in [0.05, 0.1) is 6.10 Å². The van der Waals surface area contributed by atoms with Crippen LogP contribution in [0.15, 0.2) is 35.5 Å². The van der Waals surface area contributed by atoms with Gasteiger partial charge in [-0.15, -0.1) is 0 Å². The highest BCUT2D eigenvalue weighted by Crippen LogP contribution is 2.14. The zero-order chi connectivity index (χ0) is 12.8. The molecule has 0 heterocycles. The van der Waals surface area contributed by atoms with Crippen LogP contribution in [0.3, 0.4) is 0 Å². The number of rotatable bonds is 3. The van der Waals surface area contributed by atoms with E-state index in [0.717, 1.165) is 0 Å². The molecular weight excluding hydrogens is 218 g/mol.